The minimum absolute atomic E-state index is 0.525. The highest BCUT2D eigenvalue weighted by atomic mass is 15.3. The molecule has 0 radical (unpaired) electrons. The van der Waals surface area contributed by atoms with Crippen LogP contribution in [0.3, 0.4) is 0 Å². The summed E-state index contributed by atoms with van der Waals surface area (Å²) in [5, 5.41) is 12.9. The smallest absolute Gasteiger partial charge is 0.170 e. The van der Waals surface area contributed by atoms with E-state index in [0.29, 0.717) is 13.1 Å². The van der Waals surface area contributed by atoms with Crippen LogP contribution in [-0.2, 0) is 13.1 Å². The Morgan fingerprint density at radius 3 is 2.47 bits per heavy atom. The minimum atomic E-state index is 0.525. The Morgan fingerprint density at radius 1 is 0.933 bits per heavy atom. The summed E-state index contributed by atoms with van der Waals surface area (Å²) in [6.45, 7) is 1.17. The van der Waals surface area contributed by atoms with E-state index in [1.165, 1.54) is 0 Å². The lowest BCUT2D eigenvalue weighted by atomic mass is 9.97. The highest BCUT2D eigenvalue weighted by Gasteiger charge is 2.15. The second-order valence-electron chi connectivity index (χ2n) is 7.24. The van der Waals surface area contributed by atoms with Crippen molar-refractivity contribution in [2.45, 2.75) is 13.1 Å². The number of benzene rings is 2. The summed E-state index contributed by atoms with van der Waals surface area (Å²) in [5.74, 6) is 0.872. The number of nitrogens with zero attached hydrogens (tertiary/aromatic N) is 4. The number of pyridine rings is 2. The Bertz CT molecular complexity index is 1320. The van der Waals surface area contributed by atoms with Crippen LogP contribution in [0, 0.1) is 0 Å². The zero-order valence-electron chi connectivity index (χ0n) is 16.7. The van der Waals surface area contributed by atoms with Gasteiger partial charge in [-0.2, -0.15) is 0 Å². The molecule has 2 aromatic carbocycles. The summed E-state index contributed by atoms with van der Waals surface area (Å²) in [6, 6.07) is 22.8. The summed E-state index contributed by atoms with van der Waals surface area (Å²) < 4.78 is 2.02. The third-order valence-electron chi connectivity index (χ3n) is 5.32. The lowest BCUT2D eigenvalue weighted by molar-refractivity contribution is 0.747. The monoisotopic (exact) mass is 394 g/mol. The molecule has 0 aliphatic carbocycles. The first-order valence-electron chi connectivity index (χ1n) is 9.95. The third kappa shape index (κ3) is 3.12. The molecule has 6 nitrogen and oxygen atoms in total. The fraction of sp³-hybridized carbons (Fsp3) is 0.125. The molecule has 0 unspecified atom stereocenters. The number of hydrogen-bond acceptors (Lipinski definition) is 5. The molecule has 0 amide bonds. The second-order valence-corrected chi connectivity index (χ2v) is 7.24. The first kappa shape index (κ1) is 18.4. The van der Waals surface area contributed by atoms with Gasteiger partial charge in [0.25, 0.3) is 0 Å². The highest BCUT2D eigenvalue weighted by molar-refractivity contribution is 5.98. The van der Waals surface area contributed by atoms with Crippen LogP contribution in [0.4, 0.5) is 0 Å². The van der Waals surface area contributed by atoms with Gasteiger partial charge >= 0.3 is 0 Å². The Hall–Kier alpha value is -3.61. The quantitative estimate of drug-likeness (QED) is 0.474. The van der Waals surface area contributed by atoms with Gasteiger partial charge in [0.2, 0.25) is 0 Å². The number of rotatable bonds is 5. The van der Waals surface area contributed by atoms with Crippen LogP contribution >= 0.6 is 0 Å². The number of fused-ring (bicyclic) bond motifs is 3. The second kappa shape index (κ2) is 7.67. The van der Waals surface area contributed by atoms with Crippen molar-refractivity contribution < 1.29 is 0 Å². The maximum Gasteiger partial charge on any atom is 0.170 e. The van der Waals surface area contributed by atoms with Gasteiger partial charge in [0, 0.05) is 29.3 Å². The van der Waals surface area contributed by atoms with Gasteiger partial charge in [-0.05, 0) is 30.3 Å². The minimum Gasteiger partial charge on any atom is -0.326 e. The maximum absolute atomic E-state index is 5.77. The van der Waals surface area contributed by atoms with Gasteiger partial charge in [-0.3, -0.25) is 4.40 Å². The van der Waals surface area contributed by atoms with Gasteiger partial charge in [-0.25, -0.2) is 4.98 Å². The van der Waals surface area contributed by atoms with Crippen LogP contribution in [-0.4, -0.2) is 26.6 Å². The molecule has 0 spiro atoms. The van der Waals surface area contributed by atoms with E-state index in [1.807, 2.05) is 41.9 Å². The van der Waals surface area contributed by atoms with Crippen LogP contribution in [0.15, 0.2) is 72.9 Å². The van der Waals surface area contributed by atoms with E-state index in [9.17, 15) is 0 Å². The molecule has 148 valence electrons. The van der Waals surface area contributed by atoms with E-state index in [0.717, 1.165) is 50.3 Å². The number of aromatic nitrogens is 4. The van der Waals surface area contributed by atoms with Crippen LogP contribution in [0.1, 0.15) is 11.4 Å². The van der Waals surface area contributed by atoms with E-state index in [4.69, 9.17) is 10.7 Å². The maximum atomic E-state index is 5.77. The van der Waals surface area contributed by atoms with Crippen molar-refractivity contribution in [3.05, 3.63) is 84.3 Å². The van der Waals surface area contributed by atoms with Crippen molar-refractivity contribution in [1.82, 2.24) is 24.9 Å². The molecule has 3 N–H and O–H groups in total. The predicted molar refractivity (Wildman–Crippen MR) is 120 cm³/mol. The van der Waals surface area contributed by atoms with E-state index in [1.54, 1.807) is 0 Å². The molecule has 0 atom stereocenters. The largest absolute Gasteiger partial charge is 0.326 e. The highest BCUT2D eigenvalue weighted by Crippen LogP contribution is 2.34. The molecule has 3 heterocycles. The van der Waals surface area contributed by atoms with Gasteiger partial charge in [-0.1, -0.05) is 54.6 Å². The lowest BCUT2D eigenvalue weighted by Gasteiger charge is -2.12. The Morgan fingerprint density at radius 2 is 1.73 bits per heavy atom. The van der Waals surface area contributed by atoms with E-state index < -0.39 is 0 Å². The molecule has 5 aromatic rings. The van der Waals surface area contributed by atoms with Crippen LogP contribution in [0.2, 0.25) is 0 Å². The summed E-state index contributed by atoms with van der Waals surface area (Å²) in [6.07, 6.45) is 1.99. The standard InChI is InChI=1S/C24H22N6/c1-26-15-22-28-29-24-20-13-19(17-5-3-2-4-6-17)23(27-21(20)11-12-30(22)24)18-9-7-16(14-25)8-10-18/h2-13,26H,14-15,25H2,1H3. The molecule has 0 bridgehead atoms. The Kier molecular flexibility index (Phi) is 4.71. The van der Waals surface area contributed by atoms with Crippen molar-refractivity contribution in [1.29, 1.82) is 0 Å². The van der Waals surface area contributed by atoms with Crippen molar-refractivity contribution in [3.63, 3.8) is 0 Å². The topological polar surface area (TPSA) is 81.1 Å². The molecule has 30 heavy (non-hydrogen) atoms. The number of hydrogen-bond donors (Lipinski definition) is 2. The fourth-order valence-electron chi connectivity index (χ4n) is 3.78. The number of nitrogens with two attached hydrogens (primary N) is 1. The average molecular weight is 394 g/mol. The zero-order chi connectivity index (χ0) is 20.5. The molecule has 0 fully saturated rings. The first-order valence-corrected chi connectivity index (χ1v) is 9.95. The molecule has 0 aliphatic heterocycles. The predicted octanol–water partition coefficient (Wildman–Crippen LogP) is 3.79. The first-order chi connectivity index (χ1) is 14.8. The molecule has 5 rings (SSSR count). The summed E-state index contributed by atoms with van der Waals surface area (Å²) in [5.41, 5.74) is 12.8. The number of nitrogens with one attached hydrogen (secondary N) is 1. The van der Waals surface area contributed by atoms with E-state index in [-0.39, 0.29) is 0 Å². The molecule has 0 saturated heterocycles. The molecular formula is C24H22N6. The van der Waals surface area contributed by atoms with E-state index in [2.05, 4.69) is 58.0 Å². The molecular weight excluding hydrogens is 372 g/mol. The fourth-order valence-corrected chi connectivity index (χ4v) is 3.78. The zero-order valence-corrected chi connectivity index (χ0v) is 16.7. The summed E-state index contributed by atoms with van der Waals surface area (Å²) in [4.78, 5) is 5.05. The SMILES string of the molecule is CNCc1nnc2c3cc(-c4ccccc4)c(-c4ccc(CN)cc4)nc3ccn12. The lowest BCUT2D eigenvalue weighted by Crippen LogP contribution is -2.08. The molecule has 0 saturated carbocycles. The van der Waals surface area contributed by atoms with Gasteiger partial charge in [-0.15, -0.1) is 10.2 Å². The van der Waals surface area contributed by atoms with Crippen molar-refractivity contribution in [3.8, 4) is 22.4 Å². The van der Waals surface area contributed by atoms with Gasteiger partial charge < -0.3 is 11.1 Å². The Labute approximate surface area is 174 Å². The molecule has 6 heteroatoms. The molecule has 3 aromatic heterocycles. The van der Waals surface area contributed by atoms with Crippen LogP contribution in [0.5, 0.6) is 0 Å². The third-order valence-corrected chi connectivity index (χ3v) is 5.32. The van der Waals surface area contributed by atoms with Crippen LogP contribution < -0.4 is 11.1 Å². The van der Waals surface area contributed by atoms with Gasteiger partial charge in [0.1, 0.15) is 0 Å². The van der Waals surface area contributed by atoms with Crippen molar-refractivity contribution in [2.24, 2.45) is 5.73 Å². The summed E-state index contributed by atoms with van der Waals surface area (Å²) in [7, 11) is 1.90. The van der Waals surface area contributed by atoms with Crippen LogP contribution in [0.25, 0.3) is 38.9 Å². The summed E-state index contributed by atoms with van der Waals surface area (Å²) >= 11 is 0. The van der Waals surface area contributed by atoms with Crippen molar-refractivity contribution in [2.75, 3.05) is 7.05 Å². The van der Waals surface area contributed by atoms with E-state index >= 15 is 0 Å². The molecule has 0 aliphatic rings. The average Bonchev–Trinajstić information content (AvgIpc) is 3.22. The van der Waals surface area contributed by atoms with Gasteiger partial charge in [0.15, 0.2) is 11.5 Å². The Balaban J connectivity index is 1.79. The van der Waals surface area contributed by atoms with Gasteiger partial charge in [0.05, 0.1) is 17.8 Å². The van der Waals surface area contributed by atoms with Crippen molar-refractivity contribution >= 4 is 16.6 Å². The normalized spacial score (nSPS) is 11.4.